The number of esters is 1. The Morgan fingerprint density at radius 3 is 2.55 bits per heavy atom. The van der Waals surface area contributed by atoms with Gasteiger partial charge in [-0.15, -0.1) is 0 Å². The van der Waals surface area contributed by atoms with Crippen molar-refractivity contribution in [2.45, 2.75) is 57.7 Å². The summed E-state index contributed by atoms with van der Waals surface area (Å²) >= 11 is 0. The predicted octanol–water partition coefficient (Wildman–Crippen LogP) is 6.24. The number of fused-ring (bicyclic) bond motifs is 2. The second-order valence-corrected chi connectivity index (χ2v) is 10.5. The van der Waals surface area contributed by atoms with Crippen LogP contribution in [0.5, 0.6) is 17.2 Å². The van der Waals surface area contributed by atoms with Gasteiger partial charge in [0.15, 0.2) is 0 Å². The summed E-state index contributed by atoms with van der Waals surface area (Å²) in [7, 11) is 1.42. The van der Waals surface area contributed by atoms with E-state index >= 15 is 0 Å². The fourth-order valence-electron chi connectivity index (χ4n) is 6.14. The van der Waals surface area contributed by atoms with Crippen LogP contribution in [0.15, 0.2) is 48.5 Å². The molecule has 0 bridgehead atoms. The summed E-state index contributed by atoms with van der Waals surface area (Å²) in [5.41, 5.74) is 8.63. The van der Waals surface area contributed by atoms with Gasteiger partial charge < -0.3 is 23.7 Å². The van der Waals surface area contributed by atoms with Gasteiger partial charge in [0.2, 0.25) is 0 Å². The average molecular weight is 515 g/mol. The van der Waals surface area contributed by atoms with Crippen molar-refractivity contribution >= 4 is 5.97 Å². The van der Waals surface area contributed by atoms with Gasteiger partial charge in [0.1, 0.15) is 29.5 Å². The van der Waals surface area contributed by atoms with Gasteiger partial charge in [-0.1, -0.05) is 24.3 Å². The van der Waals surface area contributed by atoms with Crippen molar-refractivity contribution in [2.75, 3.05) is 26.9 Å². The molecule has 0 saturated carbocycles. The van der Waals surface area contributed by atoms with Crippen LogP contribution >= 0.6 is 0 Å². The van der Waals surface area contributed by atoms with E-state index in [1.807, 2.05) is 18.2 Å². The Labute approximate surface area is 223 Å². The first-order valence-corrected chi connectivity index (χ1v) is 13.5. The first-order valence-electron chi connectivity index (χ1n) is 13.5. The Morgan fingerprint density at radius 2 is 1.79 bits per heavy atom. The van der Waals surface area contributed by atoms with Crippen molar-refractivity contribution < 1.29 is 28.5 Å². The lowest BCUT2D eigenvalue weighted by molar-refractivity contribution is -0.141. The number of carbonyl (C=O) groups excluding carboxylic acids is 1. The number of benzene rings is 3. The topological polar surface area (TPSA) is 63.2 Å². The maximum absolute atomic E-state index is 11.7. The number of ether oxygens (including phenoxy) is 5. The van der Waals surface area contributed by atoms with Gasteiger partial charge in [-0.3, -0.25) is 4.79 Å². The average Bonchev–Trinajstić information content (AvgIpc) is 3.65. The van der Waals surface area contributed by atoms with Gasteiger partial charge in [0.25, 0.3) is 0 Å². The van der Waals surface area contributed by atoms with Crippen molar-refractivity contribution in [3.8, 4) is 28.4 Å². The Balaban J connectivity index is 1.22. The molecule has 1 aliphatic carbocycles. The third-order valence-corrected chi connectivity index (χ3v) is 7.97. The Morgan fingerprint density at radius 1 is 0.947 bits per heavy atom. The summed E-state index contributed by atoms with van der Waals surface area (Å²) in [6.45, 7) is 6.26. The molecule has 198 valence electrons. The monoisotopic (exact) mass is 514 g/mol. The molecule has 1 saturated heterocycles. The third-order valence-electron chi connectivity index (χ3n) is 7.97. The van der Waals surface area contributed by atoms with Crippen molar-refractivity contribution in [1.29, 1.82) is 0 Å². The highest BCUT2D eigenvalue weighted by atomic mass is 16.5. The zero-order valence-corrected chi connectivity index (χ0v) is 22.3. The molecular weight excluding hydrogens is 480 g/mol. The number of aryl methyl sites for hydroxylation is 2. The molecule has 6 rings (SSSR count). The smallest absolute Gasteiger partial charge is 0.306 e. The first-order chi connectivity index (χ1) is 18.5. The van der Waals surface area contributed by atoms with Crippen LogP contribution in [-0.2, 0) is 20.7 Å². The molecule has 0 radical (unpaired) electrons. The Hall–Kier alpha value is -3.51. The van der Waals surface area contributed by atoms with Crippen molar-refractivity contribution in [1.82, 2.24) is 0 Å². The molecule has 3 atom stereocenters. The van der Waals surface area contributed by atoms with E-state index in [1.54, 1.807) is 0 Å². The lowest BCUT2D eigenvalue weighted by Gasteiger charge is -2.19. The van der Waals surface area contributed by atoms with Crippen LogP contribution in [-0.4, -0.2) is 39.0 Å². The Kier molecular flexibility index (Phi) is 6.75. The van der Waals surface area contributed by atoms with Gasteiger partial charge in [-0.25, -0.2) is 0 Å². The fourth-order valence-corrected chi connectivity index (χ4v) is 6.14. The lowest BCUT2D eigenvalue weighted by Crippen LogP contribution is -2.15. The molecular formula is C32H34O6. The summed E-state index contributed by atoms with van der Waals surface area (Å²) in [6.07, 6.45) is 3.29. The lowest BCUT2D eigenvalue weighted by atomic mass is 9.90. The molecule has 2 heterocycles. The highest BCUT2D eigenvalue weighted by molar-refractivity contribution is 5.76. The highest BCUT2D eigenvalue weighted by Gasteiger charge is 2.30. The van der Waals surface area contributed by atoms with Crippen LogP contribution in [0.1, 0.15) is 59.1 Å². The first kappa shape index (κ1) is 24.8. The summed E-state index contributed by atoms with van der Waals surface area (Å²) in [5, 5.41) is 0. The zero-order chi connectivity index (χ0) is 26.2. The van der Waals surface area contributed by atoms with Gasteiger partial charge in [-0.05, 0) is 78.3 Å². The quantitative estimate of drug-likeness (QED) is 0.348. The van der Waals surface area contributed by atoms with E-state index in [-0.39, 0.29) is 24.1 Å². The second kappa shape index (κ2) is 10.3. The predicted molar refractivity (Wildman–Crippen MR) is 144 cm³/mol. The van der Waals surface area contributed by atoms with Crippen molar-refractivity contribution in [3.63, 3.8) is 0 Å². The van der Waals surface area contributed by atoms with E-state index < -0.39 is 0 Å². The van der Waals surface area contributed by atoms with E-state index in [0.717, 1.165) is 48.7 Å². The van der Waals surface area contributed by atoms with Crippen LogP contribution < -0.4 is 14.2 Å². The second-order valence-electron chi connectivity index (χ2n) is 10.5. The molecule has 1 fully saturated rings. The summed E-state index contributed by atoms with van der Waals surface area (Å²) in [5.74, 6) is 2.30. The largest absolute Gasteiger partial charge is 0.492 e. The molecule has 2 aliphatic heterocycles. The van der Waals surface area contributed by atoms with E-state index in [0.29, 0.717) is 19.6 Å². The van der Waals surface area contributed by atoms with Gasteiger partial charge in [-0.2, -0.15) is 0 Å². The minimum atomic E-state index is -0.221. The van der Waals surface area contributed by atoms with E-state index in [1.165, 1.54) is 40.5 Å². The summed E-state index contributed by atoms with van der Waals surface area (Å²) < 4.78 is 28.9. The fraction of sp³-hybridized carbons (Fsp3) is 0.406. The molecule has 0 spiro atoms. The van der Waals surface area contributed by atoms with Gasteiger partial charge >= 0.3 is 5.97 Å². The van der Waals surface area contributed by atoms with Crippen LogP contribution in [0.2, 0.25) is 0 Å². The number of rotatable bonds is 7. The minimum Gasteiger partial charge on any atom is -0.492 e. The Bertz CT molecular complexity index is 1330. The molecule has 3 aromatic carbocycles. The van der Waals surface area contributed by atoms with Gasteiger partial charge in [0, 0.05) is 24.0 Å². The van der Waals surface area contributed by atoms with Crippen LogP contribution in [0.25, 0.3) is 11.1 Å². The molecule has 2 unspecified atom stereocenters. The standard InChI is InChI=1S/C32H34O6/c1-19-13-24(37-23-11-12-35-18-23)14-20(2)32(19)28-6-4-5-27-26(28)9-10-29(27)38-22-7-8-25-21(15-31(33)34-3)17-36-30(25)16-22/h4-8,13-14,16,21,23,29H,9-12,15,17-18H2,1-3H3/t21?,23?,29-/m1/s1. The normalized spacial score (nSPS) is 21.5. The maximum atomic E-state index is 11.7. The third kappa shape index (κ3) is 4.73. The molecule has 3 aromatic rings. The molecule has 38 heavy (non-hydrogen) atoms. The molecule has 0 aromatic heterocycles. The SMILES string of the molecule is COC(=O)CC1COc2cc(O[C@@H]3CCc4c(-c5c(C)cc(OC6CCOC6)cc5C)cccc43)ccc21. The highest BCUT2D eigenvalue weighted by Crippen LogP contribution is 2.44. The van der Waals surface area contributed by atoms with E-state index in [9.17, 15) is 4.79 Å². The maximum Gasteiger partial charge on any atom is 0.306 e. The molecule has 0 amide bonds. The van der Waals surface area contributed by atoms with Crippen molar-refractivity contribution in [3.05, 3.63) is 76.3 Å². The number of carbonyl (C=O) groups is 1. The molecule has 0 N–H and O–H groups in total. The van der Waals surface area contributed by atoms with Crippen LogP contribution in [0, 0.1) is 13.8 Å². The number of hydrogen-bond acceptors (Lipinski definition) is 6. The summed E-state index contributed by atoms with van der Waals surface area (Å²) in [6, 6.07) is 16.8. The van der Waals surface area contributed by atoms with E-state index in [2.05, 4.69) is 44.2 Å². The number of hydrogen-bond donors (Lipinski definition) is 0. The van der Waals surface area contributed by atoms with Crippen molar-refractivity contribution in [2.24, 2.45) is 0 Å². The van der Waals surface area contributed by atoms with Crippen LogP contribution in [0.3, 0.4) is 0 Å². The molecule has 3 aliphatic rings. The molecule has 6 nitrogen and oxygen atoms in total. The molecule has 6 heteroatoms. The summed E-state index contributed by atoms with van der Waals surface area (Å²) in [4.78, 5) is 11.7. The zero-order valence-electron chi connectivity index (χ0n) is 22.3. The minimum absolute atomic E-state index is 0.0131. The van der Waals surface area contributed by atoms with E-state index in [4.69, 9.17) is 23.7 Å². The number of methoxy groups -OCH3 is 1. The van der Waals surface area contributed by atoms with Crippen LogP contribution in [0.4, 0.5) is 0 Å². The van der Waals surface area contributed by atoms with Gasteiger partial charge in [0.05, 0.1) is 33.4 Å².